The van der Waals surface area contributed by atoms with Gasteiger partial charge in [0.2, 0.25) is 0 Å². The van der Waals surface area contributed by atoms with Gasteiger partial charge in [0.25, 0.3) is 0 Å². The van der Waals surface area contributed by atoms with E-state index in [1.807, 2.05) is 0 Å². The second kappa shape index (κ2) is 6.82. The van der Waals surface area contributed by atoms with Gasteiger partial charge < -0.3 is 4.74 Å². The Kier molecular flexibility index (Phi) is 5.10. The van der Waals surface area contributed by atoms with Gasteiger partial charge in [-0.1, -0.05) is 64.2 Å². The Morgan fingerprint density at radius 1 is 1.11 bits per heavy atom. The molecule has 1 aliphatic carbocycles. The topological polar surface area (TPSA) is 9.23 Å². The summed E-state index contributed by atoms with van der Waals surface area (Å²) < 4.78 is 6.00. The normalized spacial score (nSPS) is 17.1. The van der Waals surface area contributed by atoms with E-state index in [1.54, 1.807) is 0 Å². The molecule has 0 aromatic heterocycles. The molecule has 18 heavy (non-hydrogen) atoms. The highest BCUT2D eigenvalue weighted by Crippen LogP contribution is 2.28. The second-order valence-electron chi connectivity index (χ2n) is 5.83. The molecule has 0 radical (unpaired) electrons. The van der Waals surface area contributed by atoms with E-state index in [1.165, 1.54) is 44.1 Å². The van der Waals surface area contributed by atoms with Gasteiger partial charge in [0.15, 0.2) is 0 Å². The van der Waals surface area contributed by atoms with Gasteiger partial charge in [-0.3, -0.25) is 0 Å². The Hall–Kier alpha value is -0.980. The van der Waals surface area contributed by atoms with E-state index in [9.17, 15) is 0 Å². The molecule has 1 saturated carbocycles. The average Bonchev–Trinajstić information content (AvgIpc) is 2.40. The largest absolute Gasteiger partial charge is 0.493 e. The van der Waals surface area contributed by atoms with E-state index in [4.69, 9.17) is 4.74 Å². The molecule has 1 aromatic rings. The van der Waals surface area contributed by atoms with E-state index < -0.39 is 0 Å². The second-order valence-corrected chi connectivity index (χ2v) is 5.83. The summed E-state index contributed by atoms with van der Waals surface area (Å²) >= 11 is 0. The van der Waals surface area contributed by atoms with E-state index in [0.717, 1.165) is 18.3 Å². The summed E-state index contributed by atoms with van der Waals surface area (Å²) in [5.74, 6) is 2.53. The van der Waals surface area contributed by atoms with Crippen molar-refractivity contribution < 1.29 is 4.74 Å². The van der Waals surface area contributed by atoms with E-state index in [-0.39, 0.29) is 0 Å². The Morgan fingerprint density at radius 2 is 1.83 bits per heavy atom. The van der Waals surface area contributed by atoms with Crippen molar-refractivity contribution in [2.24, 2.45) is 5.92 Å². The summed E-state index contributed by atoms with van der Waals surface area (Å²) in [4.78, 5) is 0. The van der Waals surface area contributed by atoms with Gasteiger partial charge in [-0.2, -0.15) is 0 Å². The highest BCUT2D eigenvalue weighted by atomic mass is 16.5. The van der Waals surface area contributed by atoms with Crippen LogP contribution in [0.2, 0.25) is 0 Å². The molecule has 1 aliphatic rings. The van der Waals surface area contributed by atoms with Crippen molar-refractivity contribution in [3.05, 3.63) is 29.8 Å². The molecular weight excluding hydrogens is 220 g/mol. The first-order valence-electron chi connectivity index (χ1n) is 7.49. The summed E-state index contributed by atoms with van der Waals surface area (Å²) in [6.45, 7) is 5.33. The average molecular weight is 246 g/mol. The van der Waals surface area contributed by atoms with Gasteiger partial charge in [-0.15, -0.1) is 0 Å². The van der Waals surface area contributed by atoms with E-state index >= 15 is 0 Å². The third-order valence-corrected chi connectivity index (χ3v) is 4.05. The smallest absolute Gasteiger partial charge is 0.122 e. The van der Waals surface area contributed by atoms with Crippen LogP contribution in [-0.4, -0.2) is 6.61 Å². The van der Waals surface area contributed by atoms with Crippen LogP contribution >= 0.6 is 0 Å². The number of benzene rings is 1. The van der Waals surface area contributed by atoms with Crippen molar-refractivity contribution >= 4 is 0 Å². The molecule has 0 aliphatic heterocycles. The zero-order valence-corrected chi connectivity index (χ0v) is 11.8. The summed E-state index contributed by atoms with van der Waals surface area (Å²) in [7, 11) is 0. The minimum Gasteiger partial charge on any atom is -0.493 e. The molecule has 0 unspecified atom stereocenters. The maximum Gasteiger partial charge on any atom is 0.122 e. The van der Waals surface area contributed by atoms with Crippen molar-refractivity contribution in [2.45, 2.75) is 58.3 Å². The minimum atomic E-state index is 0.538. The lowest BCUT2D eigenvalue weighted by Crippen LogP contribution is -2.11. The fourth-order valence-corrected chi connectivity index (χ4v) is 2.90. The fraction of sp³-hybridized carbons (Fsp3) is 0.647. The molecule has 0 bridgehead atoms. The van der Waals surface area contributed by atoms with Crippen molar-refractivity contribution in [3.8, 4) is 5.75 Å². The quantitative estimate of drug-likeness (QED) is 0.697. The first kappa shape index (κ1) is 13.5. The molecule has 100 valence electrons. The SMILES string of the molecule is CC(C)c1ccccc1OCCC1CCCCC1. The van der Waals surface area contributed by atoms with Gasteiger partial charge >= 0.3 is 0 Å². The van der Waals surface area contributed by atoms with Crippen LogP contribution in [0.1, 0.15) is 63.9 Å². The van der Waals surface area contributed by atoms with Crippen LogP contribution in [0.4, 0.5) is 0 Å². The molecule has 0 heterocycles. The summed E-state index contributed by atoms with van der Waals surface area (Å²) in [6.07, 6.45) is 8.34. The van der Waals surface area contributed by atoms with Crippen LogP contribution in [0.15, 0.2) is 24.3 Å². The fourth-order valence-electron chi connectivity index (χ4n) is 2.90. The monoisotopic (exact) mass is 246 g/mol. The molecule has 0 N–H and O–H groups in total. The van der Waals surface area contributed by atoms with E-state index in [2.05, 4.69) is 38.1 Å². The summed E-state index contributed by atoms with van der Waals surface area (Å²) in [5.41, 5.74) is 1.33. The number of ether oxygens (including phenoxy) is 1. The Labute approximate surface area is 112 Å². The molecular formula is C17H26O. The van der Waals surface area contributed by atoms with Crippen LogP contribution in [-0.2, 0) is 0 Å². The zero-order valence-electron chi connectivity index (χ0n) is 11.8. The lowest BCUT2D eigenvalue weighted by atomic mass is 9.87. The Bertz CT molecular complexity index is 350. The first-order chi connectivity index (χ1) is 8.77. The maximum absolute atomic E-state index is 6.00. The van der Waals surface area contributed by atoms with Gasteiger partial charge in [0, 0.05) is 0 Å². The zero-order chi connectivity index (χ0) is 12.8. The standard InChI is InChI=1S/C17H26O/c1-14(2)16-10-6-7-11-17(16)18-13-12-15-8-4-3-5-9-15/h6-7,10-11,14-15H,3-5,8-9,12-13H2,1-2H3. The summed E-state index contributed by atoms with van der Waals surface area (Å²) in [6, 6.07) is 8.46. The highest BCUT2D eigenvalue weighted by molar-refractivity contribution is 5.35. The third kappa shape index (κ3) is 3.76. The van der Waals surface area contributed by atoms with Gasteiger partial charge in [0.1, 0.15) is 5.75 Å². The predicted molar refractivity (Wildman–Crippen MR) is 77.2 cm³/mol. The van der Waals surface area contributed by atoms with Crippen molar-refractivity contribution in [2.75, 3.05) is 6.61 Å². The van der Waals surface area contributed by atoms with Crippen molar-refractivity contribution in [1.29, 1.82) is 0 Å². The lowest BCUT2D eigenvalue weighted by Gasteiger charge is -2.22. The first-order valence-corrected chi connectivity index (χ1v) is 7.49. The molecule has 1 fully saturated rings. The van der Waals surface area contributed by atoms with Crippen LogP contribution < -0.4 is 4.74 Å². The van der Waals surface area contributed by atoms with Crippen molar-refractivity contribution in [1.82, 2.24) is 0 Å². The molecule has 0 saturated heterocycles. The predicted octanol–water partition coefficient (Wildman–Crippen LogP) is 5.16. The Balaban J connectivity index is 1.82. The lowest BCUT2D eigenvalue weighted by molar-refractivity contribution is 0.244. The molecule has 1 heteroatoms. The van der Waals surface area contributed by atoms with Crippen LogP contribution in [0.5, 0.6) is 5.75 Å². The van der Waals surface area contributed by atoms with Crippen LogP contribution in [0.3, 0.4) is 0 Å². The molecule has 1 nitrogen and oxygen atoms in total. The van der Waals surface area contributed by atoms with Gasteiger partial charge in [-0.25, -0.2) is 0 Å². The molecule has 2 rings (SSSR count). The maximum atomic E-state index is 6.00. The molecule has 0 spiro atoms. The molecule has 1 aromatic carbocycles. The number of hydrogen-bond donors (Lipinski definition) is 0. The van der Waals surface area contributed by atoms with Crippen molar-refractivity contribution in [3.63, 3.8) is 0 Å². The molecule has 0 amide bonds. The number of hydrogen-bond acceptors (Lipinski definition) is 1. The van der Waals surface area contributed by atoms with Gasteiger partial charge in [-0.05, 0) is 29.9 Å². The number of rotatable bonds is 5. The van der Waals surface area contributed by atoms with Gasteiger partial charge in [0.05, 0.1) is 6.61 Å². The minimum absolute atomic E-state index is 0.538. The molecule has 0 atom stereocenters. The van der Waals surface area contributed by atoms with E-state index in [0.29, 0.717) is 5.92 Å². The number of para-hydroxylation sites is 1. The highest BCUT2D eigenvalue weighted by Gasteiger charge is 2.13. The van der Waals surface area contributed by atoms with Crippen LogP contribution in [0.25, 0.3) is 0 Å². The summed E-state index contributed by atoms with van der Waals surface area (Å²) in [5, 5.41) is 0. The van der Waals surface area contributed by atoms with Crippen LogP contribution in [0, 0.1) is 5.92 Å². The Morgan fingerprint density at radius 3 is 2.56 bits per heavy atom. The third-order valence-electron chi connectivity index (χ3n) is 4.05.